The number of hydrogen-bond donors (Lipinski definition) is 0. The molecule has 0 aliphatic heterocycles. The van der Waals surface area contributed by atoms with Gasteiger partial charge >= 0.3 is 0 Å². The lowest BCUT2D eigenvalue weighted by Crippen LogP contribution is -2.03. The van der Waals surface area contributed by atoms with E-state index in [1.807, 2.05) is 13.0 Å². The van der Waals surface area contributed by atoms with E-state index < -0.39 is 9.84 Å². The lowest BCUT2D eigenvalue weighted by molar-refractivity contribution is 0.603. The number of nitrogens with zero attached hydrogens (tertiary/aromatic N) is 1. The van der Waals surface area contributed by atoms with E-state index >= 15 is 0 Å². The van der Waals surface area contributed by atoms with Gasteiger partial charge in [-0.2, -0.15) is 5.26 Å². The van der Waals surface area contributed by atoms with Gasteiger partial charge in [0.2, 0.25) is 9.84 Å². The summed E-state index contributed by atoms with van der Waals surface area (Å²) in [5.74, 6) is 0. The first-order chi connectivity index (χ1) is 9.54. The van der Waals surface area contributed by atoms with Crippen LogP contribution in [0.1, 0.15) is 11.1 Å². The average Bonchev–Trinajstić information content (AvgIpc) is 2.46. The van der Waals surface area contributed by atoms with Gasteiger partial charge in [-0.15, -0.1) is 0 Å². The van der Waals surface area contributed by atoms with Gasteiger partial charge in [0.25, 0.3) is 0 Å². The molecule has 0 aliphatic carbocycles. The maximum atomic E-state index is 12.4. The Morgan fingerprint density at radius 3 is 2.20 bits per heavy atom. The first-order valence-corrected chi connectivity index (χ1v) is 7.51. The van der Waals surface area contributed by atoms with Crippen molar-refractivity contribution >= 4 is 15.9 Å². The number of rotatable bonds is 3. The Kier molecular flexibility index (Phi) is 4.02. The molecule has 0 radical (unpaired) electrons. The van der Waals surface area contributed by atoms with Crippen LogP contribution in [-0.4, -0.2) is 8.42 Å². The van der Waals surface area contributed by atoms with Gasteiger partial charge in [-0.05, 0) is 30.7 Å². The van der Waals surface area contributed by atoms with Crippen LogP contribution >= 0.6 is 0 Å². The van der Waals surface area contributed by atoms with Crippen LogP contribution in [0.4, 0.5) is 0 Å². The molecule has 2 aromatic carbocycles. The van der Waals surface area contributed by atoms with Gasteiger partial charge in [0.15, 0.2) is 0 Å². The quantitative estimate of drug-likeness (QED) is 0.812. The van der Waals surface area contributed by atoms with Crippen LogP contribution in [0.5, 0.6) is 0 Å². The first kappa shape index (κ1) is 14.0. The summed E-state index contributed by atoms with van der Waals surface area (Å²) in [6.45, 7) is 1.88. The van der Waals surface area contributed by atoms with Crippen molar-refractivity contribution in [2.75, 3.05) is 0 Å². The maximum Gasteiger partial charge on any atom is 0.216 e. The Morgan fingerprint density at radius 1 is 1.05 bits per heavy atom. The van der Waals surface area contributed by atoms with Crippen LogP contribution in [-0.2, 0) is 9.84 Å². The Bertz CT molecular complexity index is 767. The summed E-state index contributed by atoms with van der Waals surface area (Å²) >= 11 is 0. The lowest BCUT2D eigenvalue weighted by atomic mass is 10.2. The van der Waals surface area contributed by atoms with Gasteiger partial charge in [0.05, 0.1) is 4.90 Å². The molecular weight excluding hydrogens is 270 g/mol. The largest absolute Gasteiger partial charge is 0.218 e. The van der Waals surface area contributed by atoms with Crippen molar-refractivity contribution in [1.82, 2.24) is 0 Å². The van der Waals surface area contributed by atoms with Crippen molar-refractivity contribution in [2.24, 2.45) is 0 Å². The van der Waals surface area contributed by atoms with Crippen molar-refractivity contribution in [3.63, 3.8) is 0 Å². The smallest absolute Gasteiger partial charge is 0.216 e. The molecule has 0 aromatic heterocycles. The van der Waals surface area contributed by atoms with E-state index in [4.69, 9.17) is 5.26 Å². The lowest BCUT2D eigenvalue weighted by Gasteiger charge is -2.03. The average molecular weight is 283 g/mol. The van der Waals surface area contributed by atoms with Crippen molar-refractivity contribution < 1.29 is 8.42 Å². The predicted molar refractivity (Wildman–Crippen MR) is 78.4 cm³/mol. The third-order valence-electron chi connectivity index (χ3n) is 2.83. The van der Waals surface area contributed by atoms with E-state index in [1.165, 1.54) is 18.2 Å². The Labute approximate surface area is 118 Å². The van der Waals surface area contributed by atoms with E-state index in [0.29, 0.717) is 5.56 Å². The number of allylic oxidation sites excluding steroid dienone is 1. The molecule has 100 valence electrons. The monoisotopic (exact) mass is 283 g/mol. The third kappa shape index (κ3) is 2.95. The fraction of sp³-hybridized carbons (Fsp3) is 0.0625. The number of sulfone groups is 1. The van der Waals surface area contributed by atoms with Crippen molar-refractivity contribution in [2.45, 2.75) is 11.8 Å². The topological polar surface area (TPSA) is 57.9 Å². The van der Waals surface area contributed by atoms with E-state index in [9.17, 15) is 8.42 Å². The fourth-order valence-corrected chi connectivity index (χ4v) is 2.87. The van der Waals surface area contributed by atoms with Crippen molar-refractivity contribution in [3.05, 3.63) is 70.6 Å². The molecular formula is C16H13NO2S. The second-order valence-corrected chi connectivity index (χ2v) is 6.27. The minimum absolute atomic E-state index is 0.131. The highest BCUT2D eigenvalue weighted by molar-refractivity contribution is 7.95. The Morgan fingerprint density at radius 2 is 1.65 bits per heavy atom. The zero-order chi connectivity index (χ0) is 14.6. The van der Waals surface area contributed by atoms with E-state index in [1.54, 1.807) is 42.5 Å². The summed E-state index contributed by atoms with van der Waals surface area (Å²) in [7, 11) is -3.77. The molecule has 0 heterocycles. The zero-order valence-electron chi connectivity index (χ0n) is 10.9. The highest BCUT2D eigenvalue weighted by Crippen LogP contribution is 2.21. The van der Waals surface area contributed by atoms with Gasteiger partial charge in [-0.1, -0.05) is 48.0 Å². The number of hydrogen-bond acceptors (Lipinski definition) is 3. The van der Waals surface area contributed by atoms with Crippen molar-refractivity contribution in [3.8, 4) is 6.07 Å². The molecule has 0 aliphatic rings. The molecule has 0 fully saturated rings. The van der Waals surface area contributed by atoms with Crippen LogP contribution in [0.15, 0.2) is 64.4 Å². The normalized spacial score (nSPS) is 11.9. The summed E-state index contributed by atoms with van der Waals surface area (Å²) in [4.78, 5) is -0.126. The van der Waals surface area contributed by atoms with Crippen LogP contribution in [0, 0.1) is 18.3 Å². The molecule has 0 saturated carbocycles. The van der Waals surface area contributed by atoms with Gasteiger partial charge in [0, 0.05) is 0 Å². The molecule has 0 spiro atoms. The van der Waals surface area contributed by atoms with Crippen LogP contribution in [0.25, 0.3) is 6.08 Å². The number of aryl methyl sites for hydroxylation is 1. The minimum atomic E-state index is -3.77. The zero-order valence-corrected chi connectivity index (χ0v) is 11.8. The van der Waals surface area contributed by atoms with Crippen LogP contribution in [0.3, 0.4) is 0 Å². The summed E-state index contributed by atoms with van der Waals surface area (Å²) in [5, 5.41) is 9.14. The first-order valence-electron chi connectivity index (χ1n) is 6.02. The van der Waals surface area contributed by atoms with Crippen LogP contribution in [0.2, 0.25) is 0 Å². The van der Waals surface area contributed by atoms with Crippen molar-refractivity contribution in [1.29, 1.82) is 5.26 Å². The molecule has 20 heavy (non-hydrogen) atoms. The van der Waals surface area contributed by atoms with Gasteiger partial charge in [-0.25, -0.2) is 8.42 Å². The predicted octanol–water partition coefficient (Wildman–Crippen LogP) is 3.33. The van der Waals surface area contributed by atoms with Gasteiger partial charge in [-0.3, -0.25) is 0 Å². The number of benzene rings is 2. The molecule has 3 nitrogen and oxygen atoms in total. The number of nitriles is 1. The molecule has 0 N–H and O–H groups in total. The van der Waals surface area contributed by atoms with Crippen LogP contribution < -0.4 is 0 Å². The third-order valence-corrected chi connectivity index (χ3v) is 4.51. The summed E-state index contributed by atoms with van der Waals surface area (Å²) in [5.41, 5.74) is 1.65. The molecule has 0 saturated heterocycles. The van der Waals surface area contributed by atoms with Gasteiger partial charge in [0.1, 0.15) is 11.0 Å². The highest BCUT2D eigenvalue weighted by Gasteiger charge is 2.20. The molecule has 2 aromatic rings. The fourth-order valence-electron chi connectivity index (χ4n) is 1.71. The molecule has 0 atom stereocenters. The minimum Gasteiger partial charge on any atom is -0.218 e. The molecule has 4 heteroatoms. The highest BCUT2D eigenvalue weighted by atomic mass is 32.2. The van der Waals surface area contributed by atoms with E-state index in [0.717, 1.165) is 5.56 Å². The summed E-state index contributed by atoms with van der Waals surface area (Å²) in [6, 6.07) is 17.1. The Hall–Kier alpha value is -2.38. The summed E-state index contributed by atoms with van der Waals surface area (Å²) < 4.78 is 24.8. The molecule has 0 amide bonds. The molecule has 0 bridgehead atoms. The van der Waals surface area contributed by atoms with E-state index in [2.05, 4.69) is 0 Å². The molecule has 2 rings (SSSR count). The second-order valence-electron chi connectivity index (χ2n) is 4.35. The molecule has 0 unspecified atom stereocenters. The summed E-state index contributed by atoms with van der Waals surface area (Å²) in [6.07, 6.45) is 1.38. The maximum absolute atomic E-state index is 12.4. The van der Waals surface area contributed by atoms with Gasteiger partial charge < -0.3 is 0 Å². The SMILES string of the molecule is Cc1ccc(S(=O)(=O)/C(C#N)=C/c2ccccc2)cc1. The Balaban J connectivity index is 2.49. The standard InChI is InChI=1S/C16H13NO2S/c1-13-7-9-15(10-8-13)20(18,19)16(12-17)11-14-5-3-2-4-6-14/h2-11H,1H3/b16-11+. The second kappa shape index (κ2) is 5.72. The van der Waals surface area contributed by atoms with E-state index in [-0.39, 0.29) is 9.80 Å².